The summed E-state index contributed by atoms with van der Waals surface area (Å²) in [6.07, 6.45) is 7.29. The maximum Gasteiger partial charge on any atom is 0.158 e. The van der Waals surface area contributed by atoms with Crippen molar-refractivity contribution in [1.29, 1.82) is 0 Å². The Labute approximate surface area is 43.5 Å². The fraction of sp³-hybridized carbons (Fsp3) is 0.500. The minimum atomic E-state index is -2.97. The molecule has 0 spiro atoms. The van der Waals surface area contributed by atoms with Crippen LogP contribution >= 0.6 is 0 Å². The first-order valence-corrected chi connectivity index (χ1v) is 3.69. The Bertz CT molecular complexity index is 170. The third-order valence-corrected chi connectivity index (χ3v) is 1.00. The second-order valence-corrected chi connectivity index (χ2v) is 3.39. The van der Waals surface area contributed by atoms with Gasteiger partial charge in [0.15, 0.2) is 9.84 Å². The summed E-state index contributed by atoms with van der Waals surface area (Å²) < 4.78 is 20.1. The predicted molar refractivity (Wildman–Crippen MR) is 26.8 cm³/mol. The topological polar surface area (TPSA) is 34.1 Å². The average Bonchev–Trinajstić information content (AvgIpc) is 1.30. The Kier molecular flexibility index (Phi) is 1.85. The molecule has 0 aromatic carbocycles. The van der Waals surface area contributed by atoms with Gasteiger partial charge in [0.1, 0.15) is 5.75 Å². The summed E-state index contributed by atoms with van der Waals surface area (Å²) in [6, 6.07) is 0. The first-order valence-electron chi connectivity index (χ1n) is 1.63. The summed E-state index contributed by atoms with van der Waals surface area (Å²) in [5.74, 6) is 1.50. The minimum Gasteiger partial charge on any atom is -0.228 e. The van der Waals surface area contributed by atoms with E-state index in [0.29, 0.717) is 0 Å². The van der Waals surface area contributed by atoms with Crippen molar-refractivity contribution in [1.82, 2.24) is 0 Å². The van der Waals surface area contributed by atoms with Crippen LogP contribution in [0.4, 0.5) is 0 Å². The SMILES string of the molecule is [C]#CCS(C)(=O)=O. The van der Waals surface area contributed by atoms with Crippen molar-refractivity contribution >= 4 is 9.84 Å². The van der Waals surface area contributed by atoms with Gasteiger partial charge in [-0.05, 0) is 6.42 Å². The zero-order valence-corrected chi connectivity index (χ0v) is 4.75. The van der Waals surface area contributed by atoms with E-state index in [2.05, 4.69) is 0 Å². The molecule has 0 saturated heterocycles. The van der Waals surface area contributed by atoms with Crippen LogP contribution in [-0.2, 0) is 9.84 Å². The van der Waals surface area contributed by atoms with Crippen LogP contribution in [0.1, 0.15) is 0 Å². The molecule has 0 aromatic rings. The summed E-state index contributed by atoms with van der Waals surface area (Å²) in [5, 5.41) is 0. The Balaban J connectivity index is 3.92. The molecule has 0 amide bonds. The molecule has 3 heteroatoms. The average molecular weight is 117 g/mol. The highest BCUT2D eigenvalue weighted by Crippen LogP contribution is 1.75. The molecule has 0 N–H and O–H groups in total. The lowest BCUT2D eigenvalue weighted by molar-refractivity contribution is 0.605. The largest absolute Gasteiger partial charge is 0.228 e. The second-order valence-electron chi connectivity index (χ2n) is 1.25. The van der Waals surface area contributed by atoms with Gasteiger partial charge in [-0.25, -0.2) is 8.42 Å². The van der Waals surface area contributed by atoms with Crippen molar-refractivity contribution in [3.05, 3.63) is 6.42 Å². The van der Waals surface area contributed by atoms with E-state index >= 15 is 0 Å². The number of hydrogen-bond acceptors (Lipinski definition) is 2. The van der Waals surface area contributed by atoms with E-state index in [0.717, 1.165) is 6.26 Å². The van der Waals surface area contributed by atoms with Gasteiger partial charge in [-0.1, -0.05) is 5.92 Å². The van der Waals surface area contributed by atoms with Gasteiger partial charge < -0.3 is 0 Å². The molecule has 7 heavy (non-hydrogen) atoms. The molecule has 1 radical (unpaired) electrons. The molecule has 0 rings (SSSR count). The lowest BCUT2D eigenvalue weighted by atomic mass is 10.8. The van der Waals surface area contributed by atoms with Crippen molar-refractivity contribution in [2.45, 2.75) is 0 Å². The van der Waals surface area contributed by atoms with Gasteiger partial charge in [0.2, 0.25) is 0 Å². The first kappa shape index (κ1) is 6.51. The maximum absolute atomic E-state index is 10.0. The van der Waals surface area contributed by atoms with Crippen molar-refractivity contribution in [2.24, 2.45) is 0 Å². The van der Waals surface area contributed by atoms with E-state index in [4.69, 9.17) is 6.42 Å². The molecule has 0 aliphatic heterocycles. The highest BCUT2D eigenvalue weighted by molar-refractivity contribution is 7.90. The number of sulfone groups is 1. The van der Waals surface area contributed by atoms with Gasteiger partial charge in [-0.3, -0.25) is 0 Å². The molecule has 0 aromatic heterocycles. The van der Waals surface area contributed by atoms with Crippen molar-refractivity contribution < 1.29 is 8.42 Å². The summed E-state index contributed by atoms with van der Waals surface area (Å²) in [5.41, 5.74) is 0. The van der Waals surface area contributed by atoms with Gasteiger partial charge in [0.25, 0.3) is 0 Å². The lowest BCUT2D eigenvalue weighted by Gasteiger charge is -1.80. The molecule has 0 aliphatic carbocycles. The fourth-order valence-corrected chi connectivity index (χ4v) is 0.393. The molecule has 0 bridgehead atoms. The lowest BCUT2D eigenvalue weighted by Crippen LogP contribution is -1.98. The van der Waals surface area contributed by atoms with E-state index in [9.17, 15) is 8.42 Å². The monoisotopic (exact) mass is 117 g/mol. The molecule has 0 heterocycles. The van der Waals surface area contributed by atoms with Gasteiger partial charge in [-0.15, -0.1) is 0 Å². The van der Waals surface area contributed by atoms with Gasteiger partial charge in [0, 0.05) is 6.26 Å². The van der Waals surface area contributed by atoms with E-state index in [1.807, 2.05) is 0 Å². The molecule has 0 atom stereocenters. The Morgan fingerprint density at radius 1 is 1.71 bits per heavy atom. The van der Waals surface area contributed by atoms with Crippen LogP contribution in [0.15, 0.2) is 0 Å². The number of hydrogen-bond donors (Lipinski definition) is 0. The Morgan fingerprint density at radius 2 is 2.14 bits per heavy atom. The summed E-state index contributed by atoms with van der Waals surface area (Å²) in [4.78, 5) is 0. The highest BCUT2D eigenvalue weighted by atomic mass is 32.2. The second kappa shape index (κ2) is 1.99. The first-order chi connectivity index (χ1) is 3.06. The molecule has 0 saturated carbocycles. The van der Waals surface area contributed by atoms with Crippen molar-refractivity contribution in [3.63, 3.8) is 0 Å². The van der Waals surface area contributed by atoms with Gasteiger partial charge in [0.05, 0.1) is 0 Å². The Hall–Kier alpha value is -0.490. The standard InChI is InChI=1S/C4H5O2S/c1-3-4-7(2,5)6/h4H2,2H3. The van der Waals surface area contributed by atoms with Crippen LogP contribution in [-0.4, -0.2) is 20.4 Å². The van der Waals surface area contributed by atoms with Crippen LogP contribution < -0.4 is 0 Å². The molecule has 2 nitrogen and oxygen atoms in total. The van der Waals surface area contributed by atoms with Gasteiger partial charge >= 0.3 is 0 Å². The van der Waals surface area contributed by atoms with Crippen molar-refractivity contribution in [3.8, 4) is 5.92 Å². The van der Waals surface area contributed by atoms with Crippen molar-refractivity contribution in [2.75, 3.05) is 12.0 Å². The highest BCUT2D eigenvalue weighted by Gasteiger charge is 1.94. The molecule has 0 aliphatic rings. The molecule has 0 fully saturated rings. The smallest absolute Gasteiger partial charge is 0.158 e. The van der Waals surface area contributed by atoms with E-state index < -0.39 is 9.84 Å². The summed E-state index contributed by atoms with van der Waals surface area (Å²) >= 11 is 0. The zero-order valence-electron chi connectivity index (χ0n) is 3.93. The molecular formula is C4H5O2S. The van der Waals surface area contributed by atoms with Crippen LogP contribution in [0, 0.1) is 12.3 Å². The van der Waals surface area contributed by atoms with Crippen LogP contribution in [0.5, 0.6) is 0 Å². The van der Waals surface area contributed by atoms with Crippen LogP contribution in [0.2, 0.25) is 0 Å². The quantitative estimate of drug-likeness (QED) is 0.439. The molecular weight excluding hydrogens is 112 g/mol. The van der Waals surface area contributed by atoms with Crippen LogP contribution in [0.25, 0.3) is 0 Å². The van der Waals surface area contributed by atoms with Gasteiger partial charge in [-0.2, -0.15) is 0 Å². The normalized spacial score (nSPS) is 10.3. The Morgan fingerprint density at radius 3 is 2.14 bits per heavy atom. The van der Waals surface area contributed by atoms with E-state index in [1.165, 1.54) is 0 Å². The molecule has 39 valence electrons. The van der Waals surface area contributed by atoms with E-state index in [1.54, 1.807) is 5.92 Å². The summed E-state index contributed by atoms with van der Waals surface area (Å²) in [6.45, 7) is 0. The third kappa shape index (κ3) is 5.51. The predicted octanol–water partition coefficient (Wildman–Crippen LogP) is -0.379. The maximum atomic E-state index is 10.0. The molecule has 0 unspecified atom stereocenters. The summed E-state index contributed by atoms with van der Waals surface area (Å²) in [7, 11) is -2.97. The number of rotatable bonds is 1. The third-order valence-electron chi connectivity index (χ3n) is 0.334. The fourth-order valence-electron chi connectivity index (χ4n) is 0.131. The van der Waals surface area contributed by atoms with Crippen LogP contribution in [0.3, 0.4) is 0 Å². The zero-order chi connectivity index (χ0) is 5.91. The van der Waals surface area contributed by atoms with E-state index in [-0.39, 0.29) is 5.75 Å². The minimum absolute atomic E-state index is 0.271.